The minimum Gasteiger partial charge on any atom is -0.495 e. The molecule has 2 aliphatic rings. The van der Waals surface area contributed by atoms with E-state index in [-0.39, 0.29) is 11.8 Å². The van der Waals surface area contributed by atoms with Crippen LogP contribution < -0.4 is 10.1 Å². The van der Waals surface area contributed by atoms with Gasteiger partial charge in [0.25, 0.3) is 5.91 Å². The highest BCUT2D eigenvalue weighted by molar-refractivity contribution is 6.05. The number of hydrogen-bond donors (Lipinski definition) is 1. The van der Waals surface area contributed by atoms with E-state index in [2.05, 4.69) is 5.32 Å². The average Bonchev–Trinajstić information content (AvgIpc) is 3.33. The first-order valence-electron chi connectivity index (χ1n) is 11.5. The summed E-state index contributed by atoms with van der Waals surface area (Å²) in [7, 11) is 1.60. The summed E-state index contributed by atoms with van der Waals surface area (Å²) < 4.78 is 5.46. The molecule has 1 N–H and O–H groups in total. The smallest absolute Gasteiger partial charge is 0.254 e. The summed E-state index contributed by atoms with van der Waals surface area (Å²) in [5, 5.41) is 3.12. The molecule has 5 rings (SSSR count). The maximum Gasteiger partial charge on any atom is 0.254 e. The van der Waals surface area contributed by atoms with Crippen LogP contribution in [0.5, 0.6) is 5.75 Å². The molecular weight excluding hydrogens is 412 g/mol. The molecule has 1 spiro atoms. The van der Waals surface area contributed by atoms with Crippen LogP contribution in [-0.2, 0) is 11.3 Å². The molecule has 1 aliphatic carbocycles. The quantitative estimate of drug-likeness (QED) is 0.579. The van der Waals surface area contributed by atoms with Gasteiger partial charge in [0.2, 0.25) is 5.91 Å². The Balaban J connectivity index is 1.60. The average molecular weight is 441 g/mol. The van der Waals surface area contributed by atoms with Crippen molar-refractivity contribution in [2.75, 3.05) is 12.4 Å². The fourth-order valence-electron chi connectivity index (χ4n) is 5.62. The lowest BCUT2D eigenvalue weighted by Gasteiger charge is -2.50. The summed E-state index contributed by atoms with van der Waals surface area (Å²) in [6, 6.07) is 25.1. The van der Waals surface area contributed by atoms with Gasteiger partial charge in [-0.3, -0.25) is 9.59 Å². The van der Waals surface area contributed by atoms with Gasteiger partial charge in [0.15, 0.2) is 0 Å². The van der Waals surface area contributed by atoms with Crippen LogP contribution in [0.4, 0.5) is 5.69 Å². The molecule has 0 radical (unpaired) electrons. The molecule has 2 amide bonds. The number of benzene rings is 3. The summed E-state index contributed by atoms with van der Waals surface area (Å²) in [4.78, 5) is 29.7. The molecule has 1 heterocycles. The summed E-state index contributed by atoms with van der Waals surface area (Å²) in [5.41, 5.74) is 2.60. The second-order valence-electron chi connectivity index (χ2n) is 8.90. The summed E-state index contributed by atoms with van der Waals surface area (Å²) >= 11 is 0. The van der Waals surface area contributed by atoms with Crippen LogP contribution in [0.15, 0.2) is 78.9 Å². The first-order chi connectivity index (χ1) is 16.1. The predicted molar refractivity (Wildman–Crippen MR) is 128 cm³/mol. The third kappa shape index (κ3) is 3.67. The normalized spacial score (nSPS) is 18.8. The monoisotopic (exact) mass is 440 g/mol. The van der Waals surface area contributed by atoms with E-state index in [1.165, 1.54) is 0 Å². The zero-order valence-corrected chi connectivity index (χ0v) is 18.8. The molecule has 5 heteroatoms. The zero-order chi connectivity index (χ0) is 22.8. The number of ether oxygens (including phenoxy) is 1. The lowest BCUT2D eigenvalue weighted by atomic mass is 9.71. The van der Waals surface area contributed by atoms with Gasteiger partial charge >= 0.3 is 0 Å². The van der Waals surface area contributed by atoms with Crippen LogP contribution in [0, 0.1) is 0 Å². The van der Waals surface area contributed by atoms with Crippen LogP contribution in [-0.4, -0.2) is 29.4 Å². The van der Waals surface area contributed by atoms with Crippen LogP contribution in [0.1, 0.15) is 53.1 Å². The third-order valence-electron chi connectivity index (χ3n) is 7.10. The second kappa shape index (κ2) is 8.74. The van der Waals surface area contributed by atoms with Crippen molar-refractivity contribution in [1.82, 2.24) is 4.90 Å². The van der Waals surface area contributed by atoms with Crippen LogP contribution in [0.2, 0.25) is 0 Å². The van der Waals surface area contributed by atoms with E-state index in [0.29, 0.717) is 23.5 Å². The van der Waals surface area contributed by atoms with Gasteiger partial charge < -0.3 is 15.0 Å². The Morgan fingerprint density at radius 2 is 1.64 bits per heavy atom. The SMILES string of the molecule is COc1ccccc1NC(=O)[C@@H]1c2ccccc2C(=O)N(Cc2ccccc2)C12CCCC2. The third-order valence-corrected chi connectivity index (χ3v) is 7.10. The van der Waals surface area contributed by atoms with E-state index >= 15 is 0 Å². The first-order valence-corrected chi connectivity index (χ1v) is 11.5. The van der Waals surface area contributed by atoms with Gasteiger partial charge in [0.05, 0.1) is 24.3 Å². The van der Waals surface area contributed by atoms with Gasteiger partial charge in [-0.2, -0.15) is 0 Å². The molecule has 1 saturated carbocycles. The van der Waals surface area contributed by atoms with E-state index in [9.17, 15) is 9.59 Å². The largest absolute Gasteiger partial charge is 0.495 e. The molecule has 5 nitrogen and oxygen atoms in total. The van der Waals surface area contributed by atoms with Crippen molar-refractivity contribution < 1.29 is 14.3 Å². The van der Waals surface area contributed by atoms with Crippen LogP contribution in [0.3, 0.4) is 0 Å². The molecule has 0 aromatic heterocycles. The number of carbonyl (C=O) groups excluding carboxylic acids is 2. The number of amides is 2. The van der Waals surface area contributed by atoms with Crippen LogP contribution >= 0.6 is 0 Å². The Morgan fingerprint density at radius 3 is 2.39 bits per heavy atom. The zero-order valence-electron chi connectivity index (χ0n) is 18.8. The number of anilines is 1. The van der Waals surface area contributed by atoms with E-state index in [4.69, 9.17) is 4.74 Å². The van der Waals surface area contributed by atoms with Crippen molar-refractivity contribution in [3.8, 4) is 5.75 Å². The van der Waals surface area contributed by atoms with E-state index in [0.717, 1.165) is 36.8 Å². The number of rotatable bonds is 5. The molecule has 3 aromatic rings. The van der Waals surface area contributed by atoms with Gasteiger partial charge in [0, 0.05) is 12.1 Å². The van der Waals surface area contributed by atoms with Gasteiger partial charge in [-0.1, -0.05) is 73.5 Å². The molecule has 0 saturated heterocycles. The lowest BCUT2D eigenvalue weighted by Crippen LogP contribution is -2.59. The highest BCUT2D eigenvalue weighted by Crippen LogP contribution is 2.51. The molecular formula is C28H28N2O3. The van der Waals surface area contributed by atoms with E-state index in [1.54, 1.807) is 7.11 Å². The maximum absolute atomic E-state index is 14.0. The Labute approximate surface area is 194 Å². The minimum atomic E-state index is -0.548. The van der Waals surface area contributed by atoms with Crippen molar-refractivity contribution >= 4 is 17.5 Å². The predicted octanol–water partition coefficient (Wildman–Crippen LogP) is 5.39. The number of hydrogen-bond acceptors (Lipinski definition) is 3. The number of para-hydroxylation sites is 2. The Kier molecular flexibility index (Phi) is 5.63. The fourth-order valence-corrected chi connectivity index (χ4v) is 5.62. The van der Waals surface area contributed by atoms with E-state index in [1.807, 2.05) is 83.8 Å². The number of methoxy groups -OCH3 is 1. The number of fused-ring (bicyclic) bond motifs is 1. The highest BCUT2D eigenvalue weighted by Gasteiger charge is 2.55. The molecule has 1 fully saturated rings. The summed E-state index contributed by atoms with van der Waals surface area (Å²) in [6.45, 7) is 0.493. The van der Waals surface area contributed by atoms with Crippen LogP contribution in [0.25, 0.3) is 0 Å². The molecule has 33 heavy (non-hydrogen) atoms. The molecule has 168 valence electrons. The van der Waals surface area contributed by atoms with Crippen molar-refractivity contribution in [3.05, 3.63) is 95.6 Å². The number of nitrogens with one attached hydrogen (secondary N) is 1. The Hall–Kier alpha value is -3.60. The molecule has 1 atom stereocenters. The fraction of sp³-hybridized carbons (Fsp3) is 0.286. The maximum atomic E-state index is 14.0. The van der Waals surface area contributed by atoms with Gasteiger partial charge in [-0.25, -0.2) is 0 Å². The Bertz CT molecular complexity index is 1170. The van der Waals surface area contributed by atoms with E-state index < -0.39 is 11.5 Å². The lowest BCUT2D eigenvalue weighted by molar-refractivity contribution is -0.121. The molecule has 0 bridgehead atoms. The van der Waals surface area contributed by atoms with Gasteiger partial charge in [-0.15, -0.1) is 0 Å². The molecule has 3 aromatic carbocycles. The Morgan fingerprint density at radius 1 is 0.970 bits per heavy atom. The van der Waals surface area contributed by atoms with Crippen molar-refractivity contribution in [1.29, 1.82) is 0 Å². The standard InChI is InChI=1S/C28H28N2O3/c1-33-24-16-8-7-15-23(24)29-26(31)25-21-13-5-6-14-22(21)27(32)30(28(25)17-9-10-18-28)19-20-11-3-2-4-12-20/h2-8,11-16,25H,9-10,17-19H2,1H3,(H,29,31)/t25-/m0/s1. The topological polar surface area (TPSA) is 58.6 Å². The van der Waals surface area contributed by atoms with Crippen molar-refractivity contribution in [2.24, 2.45) is 0 Å². The number of nitrogens with zero attached hydrogens (tertiary/aromatic N) is 1. The summed E-state index contributed by atoms with van der Waals surface area (Å²) in [6.07, 6.45) is 3.62. The molecule has 0 unspecified atom stereocenters. The highest BCUT2D eigenvalue weighted by atomic mass is 16.5. The molecule has 1 aliphatic heterocycles. The van der Waals surface area contributed by atoms with Gasteiger partial charge in [0.1, 0.15) is 5.75 Å². The second-order valence-corrected chi connectivity index (χ2v) is 8.90. The summed E-state index contributed by atoms with van der Waals surface area (Å²) in [5.74, 6) is 0.0762. The van der Waals surface area contributed by atoms with Gasteiger partial charge in [-0.05, 0) is 42.2 Å². The minimum absolute atomic E-state index is 0.0118. The first kappa shape index (κ1) is 21.3. The van der Waals surface area contributed by atoms with Crippen molar-refractivity contribution in [3.63, 3.8) is 0 Å². The van der Waals surface area contributed by atoms with Crippen molar-refractivity contribution in [2.45, 2.75) is 43.7 Å². The number of carbonyl (C=O) groups is 2.